The molecular formula is C26H22N2O2. The van der Waals surface area contributed by atoms with Gasteiger partial charge in [-0.05, 0) is 39.6 Å². The molecule has 4 aromatic rings. The average Bonchev–Trinajstić information content (AvgIpc) is 2.78. The van der Waals surface area contributed by atoms with Crippen LogP contribution in [0.2, 0.25) is 0 Å². The molecule has 0 radical (unpaired) electrons. The summed E-state index contributed by atoms with van der Waals surface area (Å²) in [6.45, 7) is 0.923. The minimum absolute atomic E-state index is 0.125. The molecule has 0 heterocycles. The van der Waals surface area contributed by atoms with Gasteiger partial charge in [-0.2, -0.15) is 5.26 Å². The number of nitrogens with zero attached hydrogens (tertiary/aromatic N) is 1. The normalized spacial score (nSPS) is 10.6. The fourth-order valence-electron chi connectivity index (χ4n) is 3.74. The summed E-state index contributed by atoms with van der Waals surface area (Å²) in [7, 11) is 0. The Labute approximate surface area is 175 Å². The average molecular weight is 394 g/mol. The first-order valence-corrected chi connectivity index (χ1v) is 10.00. The second kappa shape index (κ2) is 9.11. The molecule has 0 saturated carbocycles. The summed E-state index contributed by atoms with van der Waals surface area (Å²) in [5.41, 5.74) is 2.19. The predicted molar refractivity (Wildman–Crippen MR) is 119 cm³/mol. The van der Waals surface area contributed by atoms with E-state index in [0.717, 1.165) is 27.6 Å². The van der Waals surface area contributed by atoms with Gasteiger partial charge in [-0.1, -0.05) is 72.8 Å². The lowest BCUT2D eigenvalue weighted by atomic mass is 10.0. The van der Waals surface area contributed by atoms with Gasteiger partial charge < -0.3 is 10.1 Å². The highest BCUT2D eigenvalue weighted by atomic mass is 16.5. The van der Waals surface area contributed by atoms with Gasteiger partial charge in [0.15, 0.2) is 0 Å². The van der Waals surface area contributed by atoms with Crippen LogP contribution in [-0.2, 0) is 17.8 Å². The van der Waals surface area contributed by atoms with Crippen molar-refractivity contribution in [2.45, 2.75) is 19.4 Å². The molecule has 0 unspecified atom stereocenters. The fraction of sp³-hybridized carbons (Fsp3) is 0.154. The van der Waals surface area contributed by atoms with Crippen molar-refractivity contribution in [3.63, 3.8) is 0 Å². The molecule has 4 aromatic carbocycles. The number of ether oxygens (including phenoxy) is 1. The van der Waals surface area contributed by atoms with Crippen LogP contribution in [-0.4, -0.2) is 12.5 Å². The number of fused-ring (bicyclic) bond motifs is 2. The van der Waals surface area contributed by atoms with Crippen molar-refractivity contribution < 1.29 is 9.53 Å². The summed E-state index contributed by atoms with van der Waals surface area (Å²) in [5.74, 6) is 0.562. The Hall–Kier alpha value is -3.84. The van der Waals surface area contributed by atoms with E-state index in [1.165, 1.54) is 10.8 Å². The van der Waals surface area contributed by atoms with Gasteiger partial charge in [0.2, 0.25) is 5.91 Å². The molecule has 148 valence electrons. The molecule has 4 heteroatoms. The molecule has 0 bridgehead atoms. The summed E-state index contributed by atoms with van der Waals surface area (Å²) in [6, 6.07) is 28.6. The lowest BCUT2D eigenvalue weighted by Crippen LogP contribution is -2.25. The number of carbonyl (C=O) groups is 1. The number of benzene rings is 4. The third-order valence-corrected chi connectivity index (χ3v) is 5.20. The molecule has 4 rings (SSSR count). The van der Waals surface area contributed by atoms with Gasteiger partial charge in [-0.3, -0.25) is 4.79 Å². The number of nitrogens with one attached hydrogen (secondary N) is 1. The van der Waals surface area contributed by atoms with Crippen molar-refractivity contribution in [3.05, 3.63) is 90.0 Å². The minimum Gasteiger partial charge on any atom is -0.489 e. The van der Waals surface area contributed by atoms with Crippen molar-refractivity contribution >= 4 is 27.5 Å². The maximum Gasteiger partial charge on any atom is 0.234 e. The smallest absolute Gasteiger partial charge is 0.234 e. The Bertz CT molecular complexity index is 1240. The van der Waals surface area contributed by atoms with Crippen molar-refractivity contribution in [2.24, 2.45) is 0 Å². The van der Waals surface area contributed by atoms with E-state index in [2.05, 4.69) is 47.8 Å². The first-order valence-electron chi connectivity index (χ1n) is 10.00. The first-order chi connectivity index (χ1) is 14.8. The number of nitriles is 1. The van der Waals surface area contributed by atoms with Crippen molar-refractivity contribution in [1.29, 1.82) is 5.26 Å². The quantitative estimate of drug-likeness (QED) is 0.472. The second-order valence-electron chi connectivity index (χ2n) is 7.13. The lowest BCUT2D eigenvalue weighted by Gasteiger charge is -2.16. The predicted octanol–water partition coefficient (Wildman–Crippen LogP) is 5.14. The number of rotatable bonds is 7. The monoisotopic (exact) mass is 394 g/mol. The molecular weight excluding hydrogens is 372 g/mol. The first kappa shape index (κ1) is 19.5. The van der Waals surface area contributed by atoms with E-state index in [1.807, 2.05) is 42.5 Å². The molecule has 0 aliphatic carbocycles. The van der Waals surface area contributed by atoms with Crippen molar-refractivity contribution in [3.8, 4) is 11.8 Å². The summed E-state index contributed by atoms with van der Waals surface area (Å²) in [4.78, 5) is 11.7. The van der Waals surface area contributed by atoms with Crippen LogP contribution in [0.3, 0.4) is 0 Å². The summed E-state index contributed by atoms with van der Waals surface area (Å²) >= 11 is 0. The number of amides is 1. The van der Waals surface area contributed by atoms with Crippen LogP contribution in [0.25, 0.3) is 21.5 Å². The molecule has 4 nitrogen and oxygen atoms in total. The number of carbonyl (C=O) groups excluding carboxylic acids is 1. The molecule has 0 aliphatic rings. The summed E-state index contributed by atoms with van der Waals surface area (Å²) in [5, 5.41) is 16.1. The Kier molecular flexibility index (Phi) is 5.91. The Morgan fingerprint density at radius 2 is 1.57 bits per heavy atom. The highest BCUT2D eigenvalue weighted by molar-refractivity contribution is 5.88. The van der Waals surface area contributed by atoms with Crippen molar-refractivity contribution in [2.75, 3.05) is 6.54 Å². The third-order valence-electron chi connectivity index (χ3n) is 5.20. The van der Waals surface area contributed by atoms with Crippen LogP contribution >= 0.6 is 0 Å². The lowest BCUT2D eigenvalue weighted by molar-refractivity contribution is -0.120. The van der Waals surface area contributed by atoms with Crippen molar-refractivity contribution in [1.82, 2.24) is 5.32 Å². The van der Waals surface area contributed by atoms with Gasteiger partial charge in [0.05, 0.1) is 6.07 Å². The number of hydrogen-bond donors (Lipinski definition) is 1. The third kappa shape index (κ3) is 4.26. The van der Waals surface area contributed by atoms with E-state index in [-0.39, 0.29) is 12.3 Å². The van der Waals surface area contributed by atoms with Crippen LogP contribution < -0.4 is 10.1 Å². The molecule has 0 saturated heterocycles. The zero-order valence-corrected chi connectivity index (χ0v) is 16.6. The molecule has 1 amide bonds. The second-order valence-corrected chi connectivity index (χ2v) is 7.13. The van der Waals surface area contributed by atoms with Gasteiger partial charge in [-0.25, -0.2) is 0 Å². The Morgan fingerprint density at radius 1 is 0.867 bits per heavy atom. The molecule has 0 fully saturated rings. The van der Waals surface area contributed by atoms with Crippen LogP contribution in [0.5, 0.6) is 5.75 Å². The highest BCUT2D eigenvalue weighted by Crippen LogP contribution is 2.30. The van der Waals surface area contributed by atoms with E-state index in [0.29, 0.717) is 19.6 Å². The van der Waals surface area contributed by atoms with Gasteiger partial charge in [0.25, 0.3) is 0 Å². The zero-order valence-electron chi connectivity index (χ0n) is 16.6. The summed E-state index contributed by atoms with van der Waals surface area (Å²) < 4.78 is 6.28. The number of hydrogen-bond acceptors (Lipinski definition) is 3. The minimum atomic E-state index is -0.254. The zero-order chi connectivity index (χ0) is 20.8. The largest absolute Gasteiger partial charge is 0.489 e. The van der Waals surface area contributed by atoms with Gasteiger partial charge >= 0.3 is 0 Å². The standard InChI is InChI=1S/C26H22N2O2/c27-16-14-26(29)28-17-15-24-23-11-4-2-7-20(23)12-13-25(24)30-18-21-9-5-8-19-6-1-3-10-22(19)21/h1-13H,14-15,17-18H2,(H,28,29). The highest BCUT2D eigenvalue weighted by Gasteiger charge is 2.11. The molecule has 0 spiro atoms. The molecule has 0 atom stereocenters. The van der Waals surface area contributed by atoms with Crippen LogP contribution in [0.1, 0.15) is 17.5 Å². The van der Waals surface area contributed by atoms with E-state index in [9.17, 15) is 4.79 Å². The van der Waals surface area contributed by atoms with E-state index < -0.39 is 0 Å². The fourth-order valence-corrected chi connectivity index (χ4v) is 3.74. The maximum atomic E-state index is 11.7. The van der Waals surface area contributed by atoms with Gasteiger partial charge in [-0.15, -0.1) is 0 Å². The van der Waals surface area contributed by atoms with E-state index >= 15 is 0 Å². The SMILES string of the molecule is N#CCC(=O)NCCc1c(OCc2cccc3ccccc23)ccc2ccccc12. The van der Waals surface area contributed by atoms with Crippen LogP contribution in [0, 0.1) is 11.3 Å². The maximum absolute atomic E-state index is 11.7. The van der Waals surface area contributed by atoms with E-state index in [1.54, 1.807) is 0 Å². The van der Waals surface area contributed by atoms with Crippen LogP contribution in [0.15, 0.2) is 78.9 Å². The van der Waals surface area contributed by atoms with Gasteiger partial charge in [0, 0.05) is 12.1 Å². The molecule has 1 N–H and O–H groups in total. The Balaban J connectivity index is 1.59. The van der Waals surface area contributed by atoms with E-state index in [4.69, 9.17) is 10.00 Å². The van der Waals surface area contributed by atoms with Gasteiger partial charge in [0.1, 0.15) is 18.8 Å². The molecule has 0 aromatic heterocycles. The topological polar surface area (TPSA) is 62.1 Å². The molecule has 0 aliphatic heterocycles. The molecule has 30 heavy (non-hydrogen) atoms. The Morgan fingerprint density at radius 3 is 2.37 bits per heavy atom. The van der Waals surface area contributed by atoms with Crippen LogP contribution in [0.4, 0.5) is 0 Å². The summed E-state index contributed by atoms with van der Waals surface area (Å²) in [6.07, 6.45) is 0.503.